The number of carbonyl (C=O) groups is 2. The van der Waals surface area contributed by atoms with Gasteiger partial charge in [-0.2, -0.15) is 0 Å². The number of carbonyl (C=O) groups excluding carboxylic acids is 1. The maximum absolute atomic E-state index is 11.3. The molecule has 0 bridgehead atoms. The van der Waals surface area contributed by atoms with E-state index >= 15 is 0 Å². The van der Waals surface area contributed by atoms with Gasteiger partial charge in [-0.3, -0.25) is 0 Å². The zero-order valence-corrected chi connectivity index (χ0v) is 11.8. The van der Waals surface area contributed by atoms with Gasteiger partial charge in [0.1, 0.15) is 11.8 Å². The summed E-state index contributed by atoms with van der Waals surface area (Å²) in [6.45, 7) is 6.41. The van der Waals surface area contributed by atoms with Crippen molar-refractivity contribution in [2.24, 2.45) is 5.41 Å². The monoisotopic (exact) mass is 269 g/mol. The molecule has 0 atom stereocenters. The first kappa shape index (κ1) is 14.7. The van der Waals surface area contributed by atoms with Crippen molar-refractivity contribution in [1.82, 2.24) is 0 Å². The van der Waals surface area contributed by atoms with Gasteiger partial charge in [-0.05, 0) is 30.2 Å². The smallest absolute Gasteiger partial charge is 0.338 e. The van der Waals surface area contributed by atoms with Crippen LogP contribution in [0.4, 0.5) is 5.00 Å². The second-order valence-corrected chi connectivity index (χ2v) is 6.21. The van der Waals surface area contributed by atoms with Crippen molar-refractivity contribution in [3.8, 4) is 0 Å². The molecular weight excluding hydrogens is 250 g/mol. The van der Waals surface area contributed by atoms with Crippen LogP contribution in [-0.4, -0.2) is 24.9 Å². The lowest BCUT2D eigenvalue weighted by atomic mass is 9.76. The first-order valence-corrected chi connectivity index (χ1v) is 6.61. The Morgan fingerprint density at radius 3 is 2.56 bits per heavy atom. The predicted octanol–water partition coefficient (Wildman–Crippen LogP) is 2.82. The lowest BCUT2D eigenvalue weighted by molar-refractivity contribution is -0.0980. The number of aromatic carboxylic acids is 1. The van der Waals surface area contributed by atoms with Crippen LogP contribution in [0.15, 0.2) is 0 Å². The quantitative estimate of drug-likeness (QED) is 0.866. The van der Waals surface area contributed by atoms with Crippen LogP contribution in [0.1, 0.15) is 41.1 Å². The standard InChI is InChI=1S/C12H17NO2S.CH2O/c1-12(2)5-4-8-7(6-12)9(11(14)15)10(13-3)16-8;1-2/h13H,4-6H2,1-3H3,(H,14,15);1H2. The van der Waals surface area contributed by atoms with Gasteiger partial charge < -0.3 is 15.2 Å². The van der Waals surface area contributed by atoms with Crippen molar-refractivity contribution in [3.05, 3.63) is 16.0 Å². The molecular formula is C13H19NO3S. The lowest BCUT2D eigenvalue weighted by Crippen LogP contribution is -2.22. The first-order valence-electron chi connectivity index (χ1n) is 5.79. The molecule has 0 amide bonds. The topological polar surface area (TPSA) is 66.4 Å². The normalized spacial score (nSPS) is 16.2. The molecule has 18 heavy (non-hydrogen) atoms. The zero-order chi connectivity index (χ0) is 13.9. The minimum Gasteiger partial charge on any atom is -0.478 e. The van der Waals surface area contributed by atoms with Crippen LogP contribution in [0.5, 0.6) is 0 Å². The summed E-state index contributed by atoms with van der Waals surface area (Å²) in [5.74, 6) is -0.806. The van der Waals surface area contributed by atoms with Gasteiger partial charge >= 0.3 is 5.97 Å². The summed E-state index contributed by atoms with van der Waals surface area (Å²) in [6.07, 6.45) is 3.03. The Labute approximate surface area is 111 Å². The van der Waals surface area contributed by atoms with Crippen molar-refractivity contribution >= 4 is 29.1 Å². The molecule has 0 unspecified atom stereocenters. The van der Waals surface area contributed by atoms with Crippen molar-refractivity contribution in [1.29, 1.82) is 0 Å². The number of anilines is 1. The van der Waals surface area contributed by atoms with Gasteiger partial charge in [0.2, 0.25) is 0 Å². The Hall–Kier alpha value is -1.36. The highest BCUT2D eigenvalue weighted by molar-refractivity contribution is 7.16. The van der Waals surface area contributed by atoms with Gasteiger partial charge in [0, 0.05) is 11.9 Å². The van der Waals surface area contributed by atoms with Gasteiger partial charge in [0.05, 0.1) is 5.56 Å². The Kier molecular flexibility index (Phi) is 4.51. The SMILES string of the molecule is C=O.CNc1sc2c(c1C(=O)O)CC(C)(C)CC2. The summed E-state index contributed by atoms with van der Waals surface area (Å²) in [5, 5.41) is 13.1. The maximum Gasteiger partial charge on any atom is 0.338 e. The predicted molar refractivity (Wildman–Crippen MR) is 73.8 cm³/mol. The zero-order valence-electron chi connectivity index (χ0n) is 11.0. The van der Waals surface area contributed by atoms with E-state index in [0.717, 1.165) is 29.8 Å². The summed E-state index contributed by atoms with van der Waals surface area (Å²) in [4.78, 5) is 20.5. The first-order chi connectivity index (χ1) is 8.44. The molecule has 2 rings (SSSR count). The Bertz CT molecular complexity index is 451. The molecule has 2 N–H and O–H groups in total. The fourth-order valence-electron chi connectivity index (χ4n) is 2.32. The lowest BCUT2D eigenvalue weighted by Gasteiger charge is -2.29. The molecule has 1 aromatic rings. The van der Waals surface area contributed by atoms with Crippen LogP contribution in [0, 0.1) is 5.41 Å². The number of carboxylic acids is 1. The van der Waals surface area contributed by atoms with E-state index in [0.29, 0.717) is 5.56 Å². The summed E-state index contributed by atoms with van der Waals surface area (Å²) in [6, 6.07) is 0. The number of carboxylic acid groups (broad SMARTS) is 1. The van der Waals surface area contributed by atoms with Gasteiger partial charge in [-0.15, -0.1) is 11.3 Å². The summed E-state index contributed by atoms with van der Waals surface area (Å²) in [5.41, 5.74) is 1.77. The third-order valence-corrected chi connectivity index (χ3v) is 4.53. The molecule has 1 aromatic heterocycles. The highest BCUT2D eigenvalue weighted by atomic mass is 32.1. The number of hydrogen-bond donors (Lipinski definition) is 2. The van der Waals surface area contributed by atoms with E-state index in [2.05, 4.69) is 19.2 Å². The Balaban J connectivity index is 0.000000771. The van der Waals surface area contributed by atoms with E-state index in [1.807, 2.05) is 6.79 Å². The number of aryl methyl sites for hydroxylation is 1. The number of thiophene rings is 1. The second kappa shape index (κ2) is 5.52. The summed E-state index contributed by atoms with van der Waals surface area (Å²) in [7, 11) is 1.79. The Morgan fingerprint density at radius 2 is 2.06 bits per heavy atom. The summed E-state index contributed by atoms with van der Waals surface area (Å²) >= 11 is 1.60. The Morgan fingerprint density at radius 1 is 1.44 bits per heavy atom. The molecule has 0 aromatic carbocycles. The van der Waals surface area contributed by atoms with E-state index in [4.69, 9.17) is 4.79 Å². The summed E-state index contributed by atoms with van der Waals surface area (Å²) < 4.78 is 0. The number of fused-ring (bicyclic) bond motifs is 1. The van der Waals surface area contributed by atoms with Gasteiger partial charge in [0.15, 0.2) is 0 Å². The van der Waals surface area contributed by atoms with E-state index in [1.165, 1.54) is 4.88 Å². The van der Waals surface area contributed by atoms with E-state index in [9.17, 15) is 9.90 Å². The molecule has 5 heteroatoms. The van der Waals surface area contributed by atoms with Crippen LogP contribution in [0.2, 0.25) is 0 Å². The van der Waals surface area contributed by atoms with E-state index in [1.54, 1.807) is 18.4 Å². The molecule has 0 saturated carbocycles. The average molecular weight is 269 g/mol. The third kappa shape index (κ3) is 2.72. The van der Waals surface area contributed by atoms with Crippen LogP contribution in [0.3, 0.4) is 0 Å². The molecule has 100 valence electrons. The van der Waals surface area contributed by atoms with E-state index < -0.39 is 5.97 Å². The van der Waals surface area contributed by atoms with Gasteiger partial charge in [-0.25, -0.2) is 4.79 Å². The van der Waals surface area contributed by atoms with Crippen LogP contribution in [0.25, 0.3) is 0 Å². The fraction of sp³-hybridized carbons (Fsp3) is 0.538. The molecule has 1 heterocycles. The average Bonchev–Trinajstić information content (AvgIpc) is 2.67. The van der Waals surface area contributed by atoms with Crippen molar-refractivity contribution < 1.29 is 14.7 Å². The minimum absolute atomic E-state index is 0.225. The number of hydrogen-bond acceptors (Lipinski definition) is 4. The third-order valence-electron chi connectivity index (χ3n) is 3.22. The van der Waals surface area contributed by atoms with E-state index in [-0.39, 0.29) is 5.41 Å². The molecule has 1 aliphatic rings. The second-order valence-electron chi connectivity index (χ2n) is 5.10. The molecule has 0 radical (unpaired) electrons. The number of nitrogens with one attached hydrogen (secondary N) is 1. The van der Waals surface area contributed by atoms with Crippen LogP contribution < -0.4 is 5.32 Å². The number of rotatable bonds is 2. The maximum atomic E-state index is 11.3. The molecule has 0 aliphatic heterocycles. The van der Waals surface area contributed by atoms with Gasteiger partial charge in [-0.1, -0.05) is 13.8 Å². The van der Waals surface area contributed by atoms with Crippen molar-refractivity contribution in [2.45, 2.75) is 33.1 Å². The fourth-order valence-corrected chi connectivity index (χ4v) is 3.48. The minimum atomic E-state index is -0.806. The molecule has 1 aliphatic carbocycles. The van der Waals surface area contributed by atoms with Crippen molar-refractivity contribution in [2.75, 3.05) is 12.4 Å². The highest BCUT2D eigenvalue weighted by Crippen LogP contribution is 2.43. The molecule has 0 fully saturated rings. The van der Waals surface area contributed by atoms with Crippen molar-refractivity contribution in [3.63, 3.8) is 0 Å². The van der Waals surface area contributed by atoms with Crippen LogP contribution >= 0.6 is 11.3 Å². The molecule has 0 saturated heterocycles. The molecule has 0 spiro atoms. The molecule has 4 nitrogen and oxygen atoms in total. The van der Waals surface area contributed by atoms with Crippen LogP contribution in [-0.2, 0) is 17.6 Å². The van der Waals surface area contributed by atoms with Gasteiger partial charge in [0.25, 0.3) is 0 Å². The largest absolute Gasteiger partial charge is 0.478 e. The highest BCUT2D eigenvalue weighted by Gasteiger charge is 2.32.